The number of carbonyl (C=O) groups excluding carboxylic acids is 3. The van der Waals surface area contributed by atoms with Crippen molar-refractivity contribution in [1.29, 1.82) is 0 Å². The van der Waals surface area contributed by atoms with Crippen LogP contribution in [0.5, 0.6) is 0 Å². The van der Waals surface area contributed by atoms with Gasteiger partial charge in [-0.05, 0) is 6.92 Å². The molecule has 2 unspecified atom stereocenters. The van der Waals surface area contributed by atoms with E-state index >= 15 is 0 Å². The first-order chi connectivity index (χ1) is 11.0. The molecular formula is C12H14ClN5O4S. The van der Waals surface area contributed by atoms with Crippen molar-refractivity contribution in [3.05, 3.63) is 11.1 Å². The predicted octanol–water partition coefficient (Wildman–Crippen LogP) is -0.326. The van der Waals surface area contributed by atoms with Crippen LogP contribution in [0.2, 0.25) is 0 Å². The van der Waals surface area contributed by atoms with Gasteiger partial charge in [0.2, 0.25) is 11.8 Å². The zero-order valence-corrected chi connectivity index (χ0v) is 13.8. The van der Waals surface area contributed by atoms with E-state index in [2.05, 4.69) is 30.9 Å². The maximum atomic E-state index is 12.3. The van der Waals surface area contributed by atoms with Gasteiger partial charge in [0, 0.05) is 5.38 Å². The second-order valence-corrected chi connectivity index (χ2v) is 5.72. The molecule has 11 heteroatoms. The highest BCUT2D eigenvalue weighted by molar-refractivity contribution is 7.14. The number of halogens is 1. The van der Waals surface area contributed by atoms with Gasteiger partial charge in [0.15, 0.2) is 10.8 Å². The van der Waals surface area contributed by atoms with E-state index in [1.165, 1.54) is 12.5 Å². The molecular weight excluding hydrogens is 346 g/mol. The first kappa shape index (κ1) is 17.2. The molecule has 2 atom stereocenters. The third kappa shape index (κ3) is 3.96. The van der Waals surface area contributed by atoms with E-state index in [-0.39, 0.29) is 34.4 Å². The standard InChI is InChI=1S/C12H14ClN5O4S/c1-5-8(10(20)14-5)17-11(21)9(18-22-2)6-4-23-12(15-6)16-7(19)3-13/h4-5,8H,3H2,1-2H3,(H,14,20)(H,17,21)(H,15,16,19). The van der Waals surface area contributed by atoms with E-state index in [0.717, 1.165) is 11.3 Å². The van der Waals surface area contributed by atoms with E-state index in [0.29, 0.717) is 0 Å². The quantitative estimate of drug-likeness (QED) is 0.278. The number of alkyl halides is 1. The molecule has 0 radical (unpaired) electrons. The van der Waals surface area contributed by atoms with E-state index in [1.54, 1.807) is 6.92 Å². The predicted molar refractivity (Wildman–Crippen MR) is 84.5 cm³/mol. The van der Waals surface area contributed by atoms with Crippen molar-refractivity contribution in [2.45, 2.75) is 19.0 Å². The van der Waals surface area contributed by atoms with Gasteiger partial charge < -0.3 is 20.8 Å². The van der Waals surface area contributed by atoms with Crippen molar-refractivity contribution < 1.29 is 19.2 Å². The molecule has 2 heterocycles. The smallest absolute Gasteiger partial charge is 0.276 e. The fraction of sp³-hybridized carbons (Fsp3) is 0.417. The monoisotopic (exact) mass is 359 g/mol. The van der Waals surface area contributed by atoms with Crippen LogP contribution in [-0.4, -0.2) is 53.5 Å². The molecule has 0 aliphatic carbocycles. The van der Waals surface area contributed by atoms with Crippen LogP contribution in [0.15, 0.2) is 10.5 Å². The lowest BCUT2D eigenvalue weighted by Crippen LogP contribution is -2.68. The van der Waals surface area contributed by atoms with Gasteiger partial charge in [0.05, 0.1) is 6.04 Å². The second kappa shape index (κ2) is 7.38. The van der Waals surface area contributed by atoms with Crippen molar-refractivity contribution in [3.8, 4) is 0 Å². The number of nitrogens with one attached hydrogen (secondary N) is 3. The third-order valence-electron chi connectivity index (χ3n) is 2.95. The molecule has 0 saturated carbocycles. The topological polar surface area (TPSA) is 122 Å². The van der Waals surface area contributed by atoms with Crippen LogP contribution in [-0.2, 0) is 19.2 Å². The lowest BCUT2D eigenvalue weighted by molar-refractivity contribution is -0.134. The average Bonchev–Trinajstić information content (AvgIpc) is 2.98. The van der Waals surface area contributed by atoms with Gasteiger partial charge >= 0.3 is 0 Å². The number of hydrogen-bond donors (Lipinski definition) is 3. The molecule has 3 amide bonds. The number of thiazole rings is 1. The zero-order valence-electron chi connectivity index (χ0n) is 12.3. The number of aromatic nitrogens is 1. The molecule has 2 rings (SSSR count). The maximum Gasteiger partial charge on any atom is 0.276 e. The summed E-state index contributed by atoms with van der Waals surface area (Å²) in [5, 5.41) is 13.1. The van der Waals surface area contributed by atoms with Crippen LogP contribution in [0.1, 0.15) is 12.6 Å². The van der Waals surface area contributed by atoms with Gasteiger partial charge in [0.25, 0.3) is 5.91 Å². The van der Waals surface area contributed by atoms with Crippen LogP contribution >= 0.6 is 22.9 Å². The van der Waals surface area contributed by atoms with Crippen LogP contribution in [0, 0.1) is 0 Å². The Labute approximate surface area is 140 Å². The van der Waals surface area contributed by atoms with Crippen molar-refractivity contribution >= 4 is 51.5 Å². The molecule has 1 aromatic heterocycles. The summed E-state index contributed by atoms with van der Waals surface area (Å²) < 4.78 is 0. The van der Waals surface area contributed by atoms with E-state index in [9.17, 15) is 14.4 Å². The fourth-order valence-electron chi connectivity index (χ4n) is 1.82. The van der Waals surface area contributed by atoms with Gasteiger partial charge in [-0.25, -0.2) is 4.98 Å². The van der Waals surface area contributed by atoms with Crippen LogP contribution in [0.3, 0.4) is 0 Å². The summed E-state index contributed by atoms with van der Waals surface area (Å²) in [5.74, 6) is -1.49. The molecule has 0 bridgehead atoms. The summed E-state index contributed by atoms with van der Waals surface area (Å²) >= 11 is 6.50. The second-order valence-electron chi connectivity index (χ2n) is 4.59. The van der Waals surface area contributed by atoms with E-state index < -0.39 is 17.9 Å². The molecule has 124 valence electrons. The minimum absolute atomic E-state index is 0.0953. The zero-order chi connectivity index (χ0) is 17.0. The highest BCUT2D eigenvalue weighted by atomic mass is 35.5. The number of oxime groups is 1. The Morgan fingerprint density at radius 2 is 2.30 bits per heavy atom. The van der Waals surface area contributed by atoms with Crippen LogP contribution in [0.4, 0.5) is 5.13 Å². The molecule has 0 aromatic carbocycles. The molecule has 0 spiro atoms. The Morgan fingerprint density at radius 3 is 2.87 bits per heavy atom. The Bertz CT molecular complexity index is 662. The average molecular weight is 360 g/mol. The Kier molecular flexibility index (Phi) is 5.50. The van der Waals surface area contributed by atoms with Gasteiger partial charge in [-0.3, -0.25) is 14.4 Å². The first-order valence-corrected chi connectivity index (χ1v) is 7.91. The lowest BCUT2D eigenvalue weighted by atomic mass is 10.0. The van der Waals surface area contributed by atoms with Gasteiger partial charge in [-0.15, -0.1) is 22.9 Å². The Morgan fingerprint density at radius 1 is 1.57 bits per heavy atom. The molecule has 1 aliphatic heterocycles. The largest absolute Gasteiger partial charge is 0.398 e. The van der Waals surface area contributed by atoms with Gasteiger partial charge in [-0.2, -0.15) is 0 Å². The van der Waals surface area contributed by atoms with Crippen molar-refractivity contribution in [1.82, 2.24) is 15.6 Å². The maximum absolute atomic E-state index is 12.3. The number of rotatable bonds is 6. The fourth-order valence-corrected chi connectivity index (χ4v) is 2.60. The number of carbonyl (C=O) groups is 3. The normalized spacial score (nSPS) is 20.3. The third-order valence-corrected chi connectivity index (χ3v) is 3.95. The Hall–Kier alpha value is -2.20. The summed E-state index contributed by atoms with van der Waals surface area (Å²) in [6.45, 7) is 1.77. The summed E-state index contributed by atoms with van der Waals surface area (Å²) in [6.07, 6.45) is 0. The molecule has 1 saturated heterocycles. The SMILES string of the molecule is CON=C(C(=O)NC1C(=O)NC1C)c1csc(NC(=O)CCl)n1. The molecule has 9 nitrogen and oxygen atoms in total. The molecule has 1 aromatic rings. The number of nitrogens with zero attached hydrogens (tertiary/aromatic N) is 2. The number of amides is 3. The van der Waals surface area contributed by atoms with Gasteiger partial charge in [-0.1, -0.05) is 5.16 Å². The lowest BCUT2D eigenvalue weighted by Gasteiger charge is -2.34. The summed E-state index contributed by atoms with van der Waals surface area (Å²) in [5.41, 5.74) is 0.119. The number of hydrogen-bond acceptors (Lipinski definition) is 7. The highest BCUT2D eigenvalue weighted by Crippen LogP contribution is 2.17. The Balaban J connectivity index is 2.12. The molecule has 3 N–H and O–H groups in total. The highest BCUT2D eigenvalue weighted by Gasteiger charge is 2.38. The number of β-lactam (4-membered cyclic amide) rings is 1. The number of anilines is 1. The molecule has 1 fully saturated rings. The molecule has 1 aliphatic rings. The van der Waals surface area contributed by atoms with E-state index in [1.807, 2.05) is 0 Å². The van der Waals surface area contributed by atoms with Gasteiger partial charge in [0.1, 0.15) is 24.7 Å². The summed E-state index contributed by atoms with van der Waals surface area (Å²) in [7, 11) is 1.29. The van der Waals surface area contributed by atoms with Crippen LogP contribution < -0.4 is 16.0 Å². The minimum atomic E-state index is -0.626. The van der Waals surface area contributed by atoms with Crippen molar-refractivity contribution in [2.75, 3.05) is 18.3 Å². The van der Waals surface area contributed by atoms with Crippen molar-refractivity contribution in [2.24, 2.45) is 5.16 Å². The minimum Gasteiger partial charge on any atom is -0.398 e. The molecule has 23 heavy (non-hydrogen) atoms. The van der Waals surface area contributed by atoms with E-state index in [4.69, 9.17) is 11.6 Å². The first-order valence-electron chi connectivity index (χ1n) is 6.50. The van der Waals surface area contributed by atoms with Crippen molar-refractivity contribution in [3.63, 3.8) is 0 Å². The summed E-state index contributed by atoms with van der Waals surface area (Å²) in [4.78, 5) is 43.6. The summed E-state index contributed by atoms with van der Waals surface area (Å²) in [6, 6.07) is -0.789. The van der Waals surface area contributed by atoms with Crippen LogP contribution in [0.25, 0.3) is 0 Å².